The lowest BCUT2D eigenvalue weighted by molar-refractivity contribution is -0.127. The molecule has 0 aliphatic rings. The number of benzene rings is 1. The van der Waals surface area contributed by atoms with Gasteiger partial charge in [0, 0.05) is 19.9 Å². The molecular weight excluding hydrogens is 244 g/mol. The fourth-order valence-electron chi connectivity index (χ4n) is 1.62. The molecule has 0 bridgehead atoms. The first-order valence-electron chi connectivity index (χ1n) is 5.96. The lowest BCUT2D eigenvalue weighted by Gasteiger charge is -2.17. The number of nitrogens with one attached hydrogen (secondary N) is 2. The van der Waals surface area contributed by atoms with Crippen LogP contribution in [0.4, 0.5) is 0 Å². The van der Waals surface area contributed by atoms with Crippen molar-refractivity contribution in [1.82, 2.24) is 10.6 Å². The van der Waals surface area contributed by atoms with Gasteiger partial charge in [-0.25, -0.2) is 0 Å². The maximum atomic E-state index is 11.9. The van der Waals surface area contributed by atoms with Crippen LogP contribution in [0.25, 0.3) is 0 Å². The van der Waals surface area contributed by atoms with E-state index < -0.39 is 6.04 Å². The summed E-state index contributed by atoms with van der Waals surface area (Å²) in [7, 11) is 0. The van der Waals surface area contributed by atoms with Crippen LogP contribution in [0.2, 0.25) is 0 Å². The molecule has 0 spiro atoms. The molecule has 1 aromatic rings. The second-order valence-corrected chi connectivity index (χ2v) is 4.16. The normalized spacial score (nSPS) is 11.4. The molecule has 0 fully saturated rings. The molecule has 0 saturated heterocycles. The Labute approximate surface area is 112 Å². The van der Waals surface area contributed by atoms with E-state index in [1.165, 1.54) is 6.92 Å². The van der Waals surface area contributed by atoms with Crippen LogP contribution in [0.5, 0.6) is 5.75 Å². The van der Waals surface area contributed by atoms with E-state index in [9.17, 15) is 14.7 Å². The number of hydrogen-bond donors (Lipinski definition) is 3. The summed E-state index contributed by atoms with van der Waals surface area (Å²) in [6.07, 6.45) is 1.94. The Morgan fingerprint density at radius 1 is 1.37 bits per heavy atom. The highest BCUT2D eigenvalue weighted by Gasteiger charge is 2.19. The van der Waals surface area contributed by atoms with Crippen LogP contribution < -0.4 is 10.6 Å². The Hall–Kier alpha value is -2.30. The van der Waals surface area contributed by atoms with Gasteiger partial charge in [0.1, 0.15) is 11.8 Å². The zero-order valence-corrected chi connectivity index (χ0v) is 10.8. The molecule has 0 aliphatic carbocycles. The molecule has 0 unspecified atom stereocenters. The van der Waals surface area contributed by atoms with Gasteiger partial charge < -0.3 is 15.7 Å². The number of hydrogen-bond acceptors (Lipinski definition) is 3. The molecule has 19 heavy (non-hydrogen) atoms. The van der Waals surface area contributed by atoms with Gasteiger partial charge in [0.25, 0.3) is 0 Å². The number of aromatic hydroxyl groups is 1. The maximum absolute atomic E-state index is 11.9. The van der Waals surface area contributed by atoms with Crippen LogP contribution in [-0.2, 0) is 16.0 Å². The van der Waals surface area contributed by atoms with Crippen LogP contribution >= 0.6 is 0 Å². The van der Waals surface area contributed by atoms with Crippen molar-refractivity contribution in [3.8, 4) is 5.75 Å². The van der Waals surface area contributed by atoms with Crippen LogP contribution in [0.1, 0.15) is 12.5 Å². The first kappa shape index (κ1) is 14.8. The van der Waals surface area contributed by atoms with E-state index in [2.05, 4.69) is 17.2 Å². The Bertz CT molecular complexity index is 454. The van der Waals surface area contributed by atoms with E-state index in [1.54, 1.807) is 30.3 Å². The van der Waals surface area contributed by atoms with Gasteiger partial charge in [-0.1, -0.05) is 18.2 Å². The molecule has 5 nitrogen and oxygen atoms in total. The number of carbonyl (C=O) groups excluding carboxylic acids is 2. The summed E-state index contributed by atoms with van der Waals surface area (Å²) < 4.78 is 0. The molecule has 1 atom stereocenters. The number of phenols is 1. The van der Waals surface area contributed by atoms with Crippen molar-refractivity contribution in [2.45, 2.75) is 19.4 Å². The number of rotatable bonds is 6. The zero-order chi connectivity index (χ0) is 14.3. The van der Waals surface area contributed by atoms with Gasteiger partial charge in [-0.2, -0.15) is 0 Å². The van der Waals surface area contributed by atoms with E-state index in [0.717, 1.165) is 5.56 Å². The molecule has 0 aliphatic heterocycles. The van der Waals surface area contributed by atoms with Gasteiger partial charge in [0.15, 0.2) is 0 Å². The summed E-state index contributed by atoms with van der Waals surface area (Å²) in [5.41, 5.74) is 0.852. The topological polar surface area (TPSA) is 78.4 Å². The van der Waals surface area contributed by atoms with E-state index >= 15 is 0 Å². The standard InChI is InChI=1S/C14H18N2O3/c1-3-8-15-14(19)13(16-10(2)17)9-11-4-6-12(18)7-5-11/h3-7,13,18H,1,8-9H2,2H3,(H,15,19)(H,16,17)/t13-/m0/s1. The lowest BCUT2D eigenvalue weighted by Crippen LogP contribution is -2.47. The zero-order valence-electron chi connectivity index (χ0n) is 10.8. The quantitative estimate of drug-likeness (QED) is 0.662. The molecule has 0 aromatic heterocycles. The van der Waals surface area contributed by atoms with E-state index in [0.29, 0.717) is 13.0 Å². The summed E-state index contributed by atoms with van der Waals surface area (Å²) in [4.78, 5) is 23.0. The van der Waals surface area contributed by atoms with Crippen molar-refractivity contribution in [1.29, 1.82) is 0 Å². The van der Waals surface area contributed by atoms with Crippen molar-refractivity contribution in [3.63, 3.8) is 0 Å². The number of phenolic OH excluding ortho intramolecular Hbond substituents is 1. The van der Waals surface area contributed by atoms with Gasteiger partial charge >= 0.3 is 0 Å². The molecule has 0 radical (unpaired) electrons. The number of amides is 2. The molecule has 1 aromatic carbocycles. The second-order valence-electron chi connectivity index (χ2n) is 4.16. The van der Waals surface area contributed by atoms with Gasteiger partial charge in [-0.3, -0.25) is 9.59 Å². The average molecular weight is 262 g/mol. The predicted octanol–water partition coefficient (Wildman–Crippen LogP) is 0.742. The van der Waals surface area contributed by atoms with Gasteiger partial charge in [0.05, 0.1) is 0 Å². The van der Waals surface area contributed by atoms with Crippen LogP contribution in [-0.4, -0.2) is 29.5 Å². The highest BCUT2D eigenvalue weighted by Crippen LogP contribution is 2.11. The molecular formula is C14H18N2O3. The summed E-state index contributed by atoms with van der Waals surface area (Å²) >= 11 is 0. The summed E-state index contributed by atoms with van der Waals surface area (Å²) in [5, 5.41) is 14.5. The fourth-order valence-corrected chi connectivity index (χ4v) is 1.62. The molecule has 0 heterocycles. The molecule has 0 saturated carbocycles. The first-order valence-corrected chi connectivity index (χ1v) is 5.96. The monoisotopic (exact) mass is 262 g/mol. The Morgan fingerprint density at radius 2 is 2.00 bits per heavy atom. The minimum absolute atomic E-state index is 0.163. The van der Waals surface area contributed by atoms with Gasteiger partial charge in [-0.15, -0.1) is 6.58 Å². The molecule has 102 valence electrons. The minimum Gasteiger partial charge on any atom is -0.508 e. The fraction of sp³-hybridized carbons (Fsp3) is 0.286. The smallest absolute Gasteiger partial charge is 0.243 e. The van der Waals surface area contributed by atoms with Crippen LogP contribution in [0.15, 0.2) is 36.9 Å². The molecule has 1 rings (SSSR count). The third kappa shape index (κ3) is 5.25. The van der Waals surface area contributed by atoms with Crippen LogP contribution in [0, 0.1) is 0 Å². The van der Waals surface area contributed by atoms with E-state index in [-0.39, 0.29) is 17.6 Å². The third-order valence-electron chi connectivity index (χ3n) is 2.49. The average Bonchev–Trinajstić information content (AvgIpc) is 2.37. The van der Waals surface area contributed by atoms with Crippen molar-refractivity contribution in [3.05, 3.63) is 42.5 Å². The maximum Gasteiger partial charge on any atom is 0.243 e. The third-order valence-corrected chi connectivity index (χ3v) is 2.49. The van der Waals surface area contributed by atoms with Crippen molar-refractivity contribution in [2.75, 3.05) is 6.54 Å². The summed E-state index contributed by atoms with van der Waals surface area (Å²) in [5.74, 6) is -0.364. The molecule has 3 N–H and O–H groups in total. The lowest BCUT2D eigenvalue weighted by atomic mass is 10.0. The van der Waals surface area contributed by atoms with Crippen molar-refractivity contribution >= 4 is 11.8 Å². The Kier molecular flexibility index (Phi) is 5.60. The summed E-state index contributed by atoms with van der Waals surface area (Å²) in [6.45, 7) is 5.23. The largest absolute Gasteiger partial charge is 0.508 e. The van der Waals surface area contributed by atoms with Crippen molar-refractivity contribution < 1.29 is 14.7 Å². The van der Waals surface area contributed by atoms with Gasteiger partial charge in [0.2, 0.25) is 11.8 Å². The minimum atomic E-state index is -0.637. The summed E-state index contributed by atoms with van der Waals surface area (Å²) in [6, 6.07) is 5.88. The van der Waals surface area contributed by atoms with E-state index in [1.807, 2.05) is 0 Å². The highest BCUT2D eigenvalue weighted by molar-refractivity contribution is 5.87. The Balaban J connectivity index is 2.73. The number of carbonyl (C=O) groups is 2. The SMILES string of the molecule is C=CCNC(=O)[C@H](Cc1ccc(O)cc1)NC(C)=O. The van der Waals surface area contributed by atoms with E-state index in [4.69, 9.17) is 0 Å². The highest BCUT2D eigenvalue weighted by atomic mass is 16.3. The first-order chi connectivity index (χ1) is 9.02. The second kappa shape index (κ2) is 7.20. The Morgan fingerprint density at radius 3 is 2.53 bits per heavy atom. The molecule has 2 amide bonds. The predicted molar refractivity (Wildman–Crippen MR) is 72.6 cm³/mol. The van der Waals surface area contributed by atoms with Crippen LogP contribution in [0.3, 0.4) is 0 Å². The van der Waals surface area contributed by atoms with Gasteiger partial charge in [-0.05, 0) is 17.7 Å². The molecule has 5 heteroatoms. The van der Waals surface area contributed by atoms with Crippen molar-refractivity contribution in [2.24, 2.45) is 0 Å².